The highest BCUT2D eigenvalue weighted by Crippen LogP contribution is 2.37. The molecule has 3 atom stereocenters. The van der Waals surface area contributed by atoms with Crippen molar-refractivity contribution in [2.45, 2.75) is 63.5 Å². The van der Waals surface area contributed by atoms with Crippen molar-refractivity contribution in [3.05, 3.63) is 46.6 Å². The van der Waals surface area contributed by atoms with Crippen LogP contribution >= 0.6 is 0 Å². The summed E-state index contributed by atoms with van der Waals surface area (Å²) in [5.74, 6) is -1.03. The first kappa shape index (κ1) is 23.0. The van der Waals surface area contributed by atoms with Crippen LogP contribution in [0.15, 0.2) is 22.7 Å². The van der Waals surface area contributed by atoms with Crippen molar-refractivity contribution in [2.75, 3.05) is 6.54 Å². The quantitative estimate of drug-likeness (QED) is 0.549. The Morgan fingerprint density at radius 2 is 2.00 bits per heavy atom. The summed E-state index contributed by atoms with van der Waals surface area (Å²) in [6.45, 7) is 5.72. The molecule has 3 unspecified atom stereocenters. The molecule has 3 heterocycles. The molecule has 178 valence electrons. The molecule has 0 radical (unpaired) electrons. The Morgan fingerprint density at radius 3 is 2.67 bits per heavy atom. The van der Waals surface area contributed by atoms with Gasteiger partial charge in [0.2, 0.25) is 0 Å². The molecule has 9 nitrogen and oxygen atoms in total. The highest BCUT2D eigenvalue weighted by Gasteiger charge is 2.42. The van der Waals surface area contributed by atoms with Gasteiger partial charge in [0, 0.05) is 17.9 Å². The molecule has 2 saturated heterocycles. The van der Waals surface area contributed by atoms with Gasteiger partial charge < -0.3 is 20.5 Å². The second-order valence-electron chi connectivity index (χ2n) is 9.24. The summed E-state index contributed by atoms with van der Waals surface area (Å²) >= 11 is 0. The van der Waals surface area contributed by atoms with Crippen LogP contribution in [0.25, 0.3) is 0 Å². The number of nitrogens with one attached hydrogen (secondary N) is 4. The highest BCUT2D eigenvalue weighted by molar-refractivity contribution is 5.89. The van der Waals surface area contributed by atoms with Crippen molar-refractivity contribution in [1.82, 2.24) is 31.4 Å². The van der Waals surface area contributed by atoms with Crippen LogP contribution in [-0.4, -0.2) is 40.8 Å². The van der Waals surface area contributed by atoms with E-state index in [0.717, 1.165) is 6.07 Å². The Bertz CT molecular complexity index is 1060. The molecular weight excluding hydrogens is 441 g/mol. The lowest BCUT2D eigenvalue weighted by Gasteiger charge is -2.34. The molecule has 0 saturated carbocycles. The van der Waals surface area contributed by atoms with Gasteiger partial charge in [0.1, 0.15) is 6.17 Å². The first-order valence-electron chi connectivity index (χ1n) is 10.6. The number of urea groups is 1. The molecule has 2 aliphatic heterocycles. The molecule has 2 fully saturated rings. The molecule has 2 aromatic rings. The molecule has 33 heavy (non-hydrogen) atoms. The van der Waals surface area contributed by atoms with Gasteiger partial charge in [-0.2, -0.15) is 18.2 Å². The molecule has 0 aliphatic carbocycles. The van der Waals surface area contributed by atoms with Crippen LogP contribution in [0.5, 0.6) is 0 Å². The lowest BCUT2D eigenvalue weighted by Crippen LogP contribution is -2.53. The molecule has 2 aliphatic rings. The predicted octanol–water partition coefficient (Wildman–Crippen LogP) is 2.40. The second-order valence-corrected chi connectivity index (χ2v) is 9.24. The van der Waals surface area contributed by atoms with Crippen molar-refractivity contribution in [3.63, 3.8) is 0 Å². The average molecular weight is 466 g/mol. The lowest BCUT2D eigenvalue weighted by molar-refractivity contribution is -0.138. The summed E-state index contributed by atoms with van der Waals surface area (Å²) in [5, 5.41) is 14.8. The van der Waals surface area contributed by atoms with Gasteiger partial charge in [0.15, 0.2) is 5.82 Å². The van der Waals surface area contributed by atoms with E-state index in [9.17, 15) is 22.8 Å². The number of rotatable bonds is 4. The van der Waals surface area contributed by atoms with Crippen LogP contribution in [0.4, 0.5) is 18.0 Å². The fourth-order valence-corrected chi connectivity index (χ4v) is 4.08. The van der Waals surface area contributed by atoms with Gasteiger partial charge in [-0.1, -0.05) is 38.1 Å². The number of alkyl halides is 3. The molecule has 1 aromatic heterocycles. The summed E-state index contributed by atoms with van der Waals surface area (Å²) < 4.78 is 46.5. The maximum atomic E-state index is 13.9. The summed E-state index contributed by atoms with van der Waals surface area (Å²) in [6.07, 6.45) is -4.38. The van der Waals surface area contributed by atoms with Gasteiger partial charge in [-0.15, -0.1) is 0 Å². The maximum absolute atomic E-state index is 13.9. The fraction of sp³-hybridized carbons (Fsp3) is 0.524. The zero-order chi connectivity index (χ0) is 24.0. The maximum Gasteiger partial charge on any atom is 0.416 e. The average Bonchev–Trinajstić information content (AvgIpc) is 3.37. The van der Waals surface area contributed by atoms with Gasteiger partial charge in [-0.3, -0.25) is 10.1 Å². The van der Waals surface area contributed by atoms with Gasteiger partial charge in [0.05, 0.1) is 11.6 Å². The SMILES string of the molecule is CC(C)(C)c1noc(C(=O)NCc2ccc(C3CCNC4NC(=O)NC43)cc2C(F)(F)F)n1. The van der Waals surface area contributed by atoms with Gasteiger partial charge in [-0.25, -0.2) is 4.79 Å². The van der Waals surface area contributed by atoms with Crippen molar-refractivity contribution in [2.24, 2.45) is 0 Å². The molecule has 0 bridgehead atoms. The highest BCUT2D eigenvalue weighted by atomic mass is 19.4. The zero-order valence-electron chi connectivity index (χ0n) is 18.3. The fourth-order valence-electron chi connectivity index (χ4n) is 4.08. The van der Waals surface area contributed by atoms with E-state index in [2.05, 4.69) is 31.4 Å². The minimum Gasteiger partial charge on any atom is -0.344 e. The van der Waals surface area contributed by atoms with Crippen molar-refractivity contribution >= 4 is 11.9 Å². The van der Waals surface area contributed by atoms with Gasteiger partial charge in [0.25, 0.3) is 0 Å². The second kappa shape index (κ2) is 8.32. The van der Waals surface area contributed by atoms with Crippen LogP contribution in [-0.2, 0) is 18.1 Å². The Kier molecular flexibility index (Phi) is 5.81. The topological polar surface area (TPSA) is 121 Å². The van der Waals surface area contributed by atoms with E-state index in [4.69, 9.17) is 4.52 Å². The number of hydrogen-bond acceptors (Lipinski definition) is 6. The van der Waals surface area contributed by atoms with Crippen LogP contribution < -0.4 is 21.3 Å². The van der Waals surface area contributed by atoms with E-state index in [1.54, 1.807) is 6.07 Å². The molecule has 4 rings (SSSR count). The summed E-state index contributed by atoms with van der Waals surface area (Å²) in [4.78, 5) is 28.1. The van der Waals surface area contributed by atoms with Crippen LogP contribution in [0, 0.1) is 0 Å². The number of piperidine rings is 1. The number of benzene rings is 1. The number of carbonyl (C=O) groups excluding carboxylic acids is 2. The Morgan fingerprint density at radius 1 is 1.24 bits per heavy atom. The van der Waals surface area contributed by atoms with E-state index in [-0.39, 0.29) is 42.2 Å². The molecule has 0 spiro atoms. The Hall–Kier alpha value is -3.15. The smallest absolute Gasteiger partial charge is 0.344 e. The summed E-state index contributed by atoms with van der Waals surface area (Å²) in [6, 6.07) is 3.36. The lowest BCUT2D eigenvalue weighted by atomic mass is 9.83. The number of halogens is 3. The number of nitrogens with zero attached hydrogens (tertiary/aromatic N) is 2. The van der Waals surface area contributed by atoms with E-state index in [1.165, 1.54) is 6.07 Å². The van der Waals surface area contributed by atoms with E-state index < -0.39 is 23.1 Å². The van der Waals surface area contributed by atoms with Gasteiger partial charge in [-0.05, 0) is 30.2 Å². The van der Waals surface area contributed by atoms with Crippen molar-refractivity contribution in [1.29, 1.82) is 0 Å². The Balaban J connectivity index is 1.53. The molecular formula is C21H25F3N6O3. The zero-order valence-corrected chi connectivity index (χ0v) is 18.3. The van der Waals surface area contributed by atoms with E-state index in [0.29, 0.717) is 24.4 Å². The third-order valence-electron chi connectivity index (χ3n) is 5.79. The standard InChI is InChI=1S/C21H25F3N6O3/c1-20(2,3)18-29-17(33-30-18)16(31)26-9-11-5-4-10(8-13(11)21(22,23)24)12-6-7-25-15-14(12)27-19(32)28-15/h4-5,8,12,14-15,25H,6-7,9H2,1-3H3,(H,26,31)(H2,27,28,32). The summed E-state index contributed by atoms with van der Waals surface area (Å²) in [7, 11) is 0. The largest absolute Gasteiger partial charge is 0.416 e. The van der Waals surface area contributed by atoms with Gasteiger partial charge >= 0.3 is 24.0 Å². The number of amides is 3. The third-order valence-corrected chi connectivity index (χ3v) is 5.79. The van der Waals surface area contributed by atoms with E-state index in [1.807, 2.05) is 20.8 Å². The first-order chi connectivity index (χ1) is 15.4. The Labute approximate surface area is 187 Å². The third kappa shape index (κ3) is 4.80. The predicted molar refractivity (Wildman–Crippen MR) is 110 cm³/mol. The number of fused-ring (bicyclic) bond motifs is 1. The van der Waals surface area contributed by atoms with Crippen LogP contribution in [0.2, 0.25) is 0 Å². The monoisotopic (exact) mass is 466 g/mol. The number of carbonyl (C=O) groups is 2. The molecule has 12 heteroatoms. The van der Waals surface area contributed by atoms with E-state index >= 15 is 0 Å². The minimum absolute atomic E-state index is 0.0887. The minimum atomic E-state index is -4.62. The molecule has 4 N–H and O–H groups in total. The number of hydrogen-bond donors (Lipinski definition) is 4. The summed E-state index contributed by atoms with van der Waals surface area (Å²) in [5.41, 5.74) is -0.893. The van der Waals surface area contributed by atoms with Crippen molar-refractivity contribution in [3.8, 4) is 0 Å². The van der Waals surface area contributed by atoms with Crippen molar-refractivity contribution < 1.29 is 27.3 Å². The first-order valence-corrected chi connectivity index (χ1v) is 10.6. The molecule has 3 amide bonds. The number of aromatic nitrogens is 2. The molecule has 1 aromatic carbocycles. The normalized spacial score (nSPS) is 23.0. The van der Waals surface area contributed by atoms with Crippen LogP contribution in [0.1, 0.15) is 66.3 Å². The van der Waals surface area contributed by atoms with Crippen LogP contribution in [0.3, 0.4) is 0 Å².